The van der Waals surface area contributed by atoms with E-state index in [1.165, 1.54) is 17.7 Å². The fraction of sp³-hybridized carbons (Fsp3) is 0.667. The highest BCUT2D eigenvalue weighted by Gasteiger charge is 2.25. The Kier molecular flexibility index (Phi) is 5.89. The third kappa shape index (κ3) is 4.36. The number of piperazine rings is 1. The molecule has 2 aliphatic heterocycles. The first-order valence-electron chi connectivity index (χ1n) is 8.99. The summed E-state index contributed by atoms with van der Waals surface area (Å²) in [5.41, 5.74) is 0. The molecule has 2 aliphatic rings. The lowest BCUT2D eigenvalue weighted by molar-refractivity contribution is -0.132. The third-order valence-corrected chi connectivity index (χ3v) is 5.92. The summed E-state index contributed by atoms with van der Waals surface area (Å²) in [7, 11) is 0. The lowest BCUT2D eigenvalue weighted by atomic mass is 10.2. The van der Waals surface area contributed by atoms with Gasteiger partial charge in [-0.25, -0.2) is 0 Å². The summed E-state index contributed by atoms with van der Waals surface area (Å²) < 4.78 is 0. The minimum absolute atomic E-state index is 0.131. The Morgan fingerprint density at radius 1 is 0.917 bits per heavy atom. The lowest BCUT2D eigenvalue weighted by Gasteiger charge is -2.35. The standard InChI is InChI=1S/C18H27N3O2S/c1-15-6-7-16(24-15)18(23)21-12-10-19(11-13-21)14-17(22)20-8-4-2-3-5-9-20/h6-7H,2-5,8-14H2,1H3. The van der Waals surface area contributed by atoms with Crippen LogP contribution in [-0.4, -0.2) is 72.3 Å². The van der Waals surface area contributed by atoms with Gasteiger partial charge in [-0.1, -0.05) is 12.8 Å². The van der Waals surface area contributed by atoms with Gasteiger partial charge in [-0.05, 0) is 31.9 Å². The van der Waals surface area contributed by atoms with Crippen LogP contribution in [0.3, 0.4) is 0 Å². The molecule has 132 valence electrons. The van der Waals surface area contributed by atoms with Crippen molar-refractivity contribution in [3.8, 4) is 0 Å². The molecule has 0 spiro atoms. The molecule has 2 amide bonds. The first kappa shape index (κ1) is 17.4. The third-order valence-electron chi connectivity index (χ3n) is 4.93. The quantitative estimate of drug-likeness (QED) is 0.840. The number of carbonyl (C=O) groups excluding carboxylic acids is 2. The fourth-order valence-electron chi connectivity index (χ4n) is 3.43. The molecule has 0 unspecified atom stereocenters. The zero-order chi connectivity index (χ0) is 16.9. The number of hydrogen-bond acceptors (Lipinski definition) is 4. The van der Waals surface area contributed by atoms with Crippen molar-refractivity contribution in [3.63, 3.8) is 0 Å². The predicted molar refractivity (Wildman–Crippen MR) is 96.4 cm³/mol. The van der Waals surface area contributed by atoms with Crippen LogP contribution in [0.25, 0.3) is 0 Å². The van der Waals surface area contributed by atoms with E-state index in [4.69, 9.17) is 0 Å². The monoisotopic (exact) mass is 349 g/mol. The van der Waals surface area contributed by atoms with Crippen molar-refractivity contribution in [1.29, 1.82) is 0 Å². The molecule has 2 saturated heterocycles. The van der Waals surface area contributed by atoms with E-state index < -0.39 is 0 Å². The molecule has 6 heteroatoms. The summed E-state index contributed by atoms with van der Waals surface area (Å²) in [4.78, 5) is 33.1. The van der Waals surface area contributed by atoms with Gasteiger partial charge in [0.05, 0.1) is 11.4 Å². The molecule has 0 N–H and O–H groups in total. The average Bonchev–Trinajstić information content (AvgIpc) is 2.85. The van der Waals surface area contributed by atoms with Gasteiger partial charge in [0, 0.05) is 44.1 Å². The zero-order valence-electron chi connectivity index (χ0n) is 14.5. The van der Waals surface area contributed by atoms with Crippen molar-refractivity contribution in [2.45, 2.75) is 32.6 Å². The van der Waals surface area contributed by atoms with Crippen molar-refractivity contribution >= 4 is 23.2 Å². The maximum atomic E-state index is 12.5. The minimum atomic E-state index is 0.131. The Morgan fingerprint density at radius 3 is 2.17 bits per heavy atom. The molecule has 0 aliphatic carbocycles. The van der Waals surface area contributed by atoms with Crippen LogP contribution in [0.1, 0.15) is 40.2 Å². The highest BCUT2D eigenvalue weighted by atomic mass is 32.1. The largest absolute Gasteiger partial charge is 0.342 e. The van der Waals surface area contributed by atoms with Crippen molar-refractivity contribution in [3.05, 3.63) is 21.9 Å². The molecule has 0 saturated carbocycles. The first-order chi connectivity index (χ1) is 11.6. The molecular formula is C18H27N3O2S. The molecule has 1 aromatic rings. The van der Waals surface area contributed by atoms with E-state index in [-0.39, 0.29) is 11.8 Å². The molecule has 1 aromatic heterocycles. The number of nitrogens with zero attached hydrogens (tertiary/aromatic N) is 3. The van der Waals surface area contributed by atoms with Crippen molar-refractivity contribution in [2.24, 2.45) is 0 Å². The summed E-state index contributed by atoms with van der Waals surface area (Å²) in [6, 6.07) is 3.91. The molecule has 0 aromatic carbocycles. The number of thiophene rings is 1. The average molecular weight is 350 g/mol. The number of aryl methyl sites for hydroxylation is 1. The van der Waals surface area contributed by atoms with Crippen LogP contribution in [0.5, 0.6) is 0 Å². The van der Waals surface area contributed by atoms with Crippen LogP contribution >= 0.6 is 11.3 Å². The molecule has 24 heavy (non-hydrogen) atoms. The van der Waals surface area contributed by atoms with Crippen molar-refractivity contribution in [1.82, 2.24) is 14.7 Å². The van der Waals surface area contributed by atoms with Gasteiger partial charge in [0.2, 0.25) is 5.91 Å². The van der Waals surface area contributed by atoms with Crippen LogP contribution < -0.4 is 0 Å². The van der Waals surface area contributed by atoms with E-state index in [0.717, 1.165) is 43.9 Å². The maximum Gasteiger partial charge on any atom is 0.264 e. The van der Waals surface area contributed by atoms with Gasteiger partial charge < -0.3 is 9.80 Å². The van der Waals surface area contributed by atoms with Gasteiger partial charge in [0.1, 0.15) is 0 Å². The molecule has 3 rings (SSSR count). The highest BCUT2D eigenvalue weighted by molar-refractivity contribution is 7.13. The van der Waals surface area contributed by atoms with E-state index in [2.05, 4.69) is 4.90 Å². The molecule has 2 fully saturated rings. The molecule has 0 bridgehead atoms. The van der Waals surface area contributed by atoms with Gasteiger partial charge >= 0.3 is 0 Å². The van der Waals surface area contributed by atoms with Crippen LogP contribution in [0, 0.1) is 6.92 Å². The number of likely N-dealkylation sites (tertiary alicyclic amines) is 1. The predicted octanol–water partition coefficient (Wildman–Crippen LogP) is 2.22. The normalized spacial score (nSPS) is 20.0. The topological polar surface area (TPSA) is 43.9 Å². The Bertz CT molecular complexity index is 571. The number of amides is 2. The summed E-state index contributed by atoms with van der Waals surface area (Å²) >= 11 is 1.56. The van der Waals surface area contributed by atoms with Crippen molar-refractivity contribution in [2.75, 3.05) is 45.8 Å². The second-order valence-electron chi connectivity index (χ2n) is 6.77. The summed E-state index contributed by atoms with van der Waals surface area (Å²) in [5.74, 6) is 0.386. The van der Waals surface area contributed by atoms with Gasteiger partial charge in [0.15, 0.2) is 0 Å². The van der Waals surface area contributed by atoms with Crippen LogP contribution in [0.4, 0.5) is 0 Å². The minimum Gasteiger partial charge on any atom is -0.342 e. The summed E-state index contributed by atoms with van der Waals surface area (Å²) in [5, 5.41) is 0. The second-order valence-corrected chi connectivity index (χ2v) is 8.06. The Labute approximate surface area is 148 Å². The second kappa shape index (κ2) is 8.12. The summed E-state index contributed by atoms with van der Waals surface area (Å²) in [6.07, 6.45) is 4.75. The highest BCUT2D eigenvalue weighted by Crippen LogP contribution is 2.18. The van der Waals surface area contributed by atoms with Gasteiger partial charge in [-0.15, -0.1) is 11.3 Å². The lowest BCUT2D eigenvalue weighted by Crippen LogP contribution is -2.51. The van der Waals surface area contributed by atoms with E-state index in [1.807, 2.05) is 28.9 Å². The van der Waals surface area contributed by atoms with E-state index in [0.29, 0.717) is 19.6 Å². The SMILES string of the molecule is Cc1ccc(C(=O)N2CCN(CC(=O)N3CCCCCC3)CC2)s1. The van der Waals surface area contributed by atoms with Gasteiger partial charge in [0.25, 0.3) is 5.91 Å². The van der Waals surface area contributed by atoms with E-state index in [1.54, 1.807) is 11.3 Å². The molecule has 0 atom stereocenters. The number of carbonyl (C=O) groups is 2. The van der Waals surface area contributed by atoms with E-state index in [9.17, 15) is 9.59 Å². The van der Waals surface area contributed by atoms with Crippen molar-refractivity contribution < 1.29 is 9.59 Å². The molecule has 5 nitrogen and oxygen atoms in total. The van der Waals surface area contributed by atoms with Crippen LogP contribution in [-0.2, 0) is 4.79 Å². The van der Waals surface area contributed by atoms with E-state index >= 15 is 0 Å². The van der Waals surface area contributed by atoms with Gasteiger partial charge in [-0.3, -0.25) is 14.5 Å². The zero-order valence-corrected chi connectivity index (χ0v) is 15.3. The fourth-order valence-corrected chi connectivity index (χ4v) is 4.26. The Balaban J connectivity index is 1.46. The smallest absolute Gasteiger partial charge is 0.264 e. The number of hydrogen-bond donors (Lipinski definition) is 0. The molecule has 0 radical (unpaired) electrons. The molecule has 3 heterocycles. The van der Waals surface area contributed by atoms with Crippen LogP contribution in [0.2, 0.25) is 0 Å². The number of rotatable bonds is 3. The summed E-state index contributed by atoms with van der Waals surface area (Å²) in [6.45, 7) is 7.34. The Morgan fingerprint density at radius 2 is 1.58 bits per heavy atom. The van der Waals surface area contributed by atoms with Gasteiger partial charge in [-0.2, -0.15) is 0 Å². The first-order valence-corrected chi connectivity index (χ1v) is 9.81. The molecular weight excluding hydrogens is 322 g/mol. The Hall–Kier alpha value is -1.40. The van der Waals surface area contributed by atoms with Crippen LogP contribution in [0.15, 0.2) is 12.1 Å². The maximum absolute atomic E-state index is 12.5.